The second-order valence-corrected chi connectivity index (χ2v) is 7.23. The maximum atomic E-state index is 12.9. The first-order valence-electron chi connectivity index (χ1n) is 9.65. The molecule has 4 nitrogen and oxygen atoms in total. The SMILES string of the molecule is COc1ccc(C(=O)Nc2c(C)cc(C)cc2C)cc1COCc1ccccc1. The van der Waals surface area contributed by atoms with Gasteiger partial charge >= 0.3 is 0 Å². The fourth-order valence-corrected chi connectivity index (χ4v) is 3.45. The van der Waals surface area contributed by atoms with E-state index >= 15 is 0 Å². The van der Waals surface area contributed by atoms with Crippen LogP contribution < -0.4 is 10.1 Å². The summed E-state index contributed by atoms with van der Waals surface area (Å²) in [7, 11) is 1.62. The van der Waals surface area contributed by atoms with Gasteiger partial charge in [0.25, 0.3) is 5.91 Å². The Morgan fingerprint density at radius 2 is 1.59 bits per heavy atom. The van der Waals surface area contributed by atoms with Crippen LogP contribution in [0.2, 0.25) is 0 Å². The van der Waals surface area contributed by atoms with E-state index in [4.69, 9.17) is 9.47 Å². The Bertz CT molecular complexity index is 973. The van der Waals surface area contributed by atoms with E-state index < -0.39 is 0 Å². The summed E-state index contributed by atoms with van der Waals surface area (Å²) in [5.74, 6) is 0.560. The highest BCUT2D eigenvalue weighted by atomic mass is 16.5. The number of hydrogen-bond donors (Lipinski definition) is 1. The van der Waals surface area contributed by atoms with Gasteiger partial charge in [-0.05, 0) is 55.7 Å². The molecular formula is C25H27NO3. The molecule has 0 aromatic heterocycles. The molecule has 3 aromatic rings. The third kappa shape index (κ3) is 5.24. The van der Waals surface area contributed by atoms with E-state index in [1.54, 1.807) is 13.2 Å². The summed E-state index contributed by atoms with van der Waals surface area (Å²) in [6, 6.07) is 19.5. The third-order valence-electron chi connectivity index (χ3n) is 4.83. The predicted molar refractivity (Wildman–Crippen MR) is 117 cm³/mol. The van der Waals surface area contributed by atoms with Gasteiger partial charge in [-0.15, -0.1) is 0 Å². The lowest BCUT2D eigenvalue weighted by Gasteiger charge is -2.14. The largest absolute Gasteiger partial charge is 0.496 e. The first-order valence-corrected chi connectivity index (χ1v) is 9.65. The Morgan fingerprint density at radius 1 is 0.897 bits per heavy atom. The van der Waals surface area contributed by atoms with Crippen molar-refractivity contribution in [1.29, 1.82) is 0 Å². The summed E-state index contributed by atoms with van der Waals surface area (Å²) in [4.78, 5) is 12.9. The number of carbonyl (C=O) groups excluding carboxylic acids is 1. The molecule has 4 heteroatoms. The normalized spacial score (nSPS) is 10.6. The number of rotatable bonds is 7. The minimum atomic E-state index is -0.146. The van der Waals surface area contributed by atoms with Crippen LogP contribution in [0.1, 0.15) is 38.2 Å². The minimum absolute atomic E-state index is 0.146. The second kappa shape index (κ2) is 9.39. The molecular weight excluding hydrogens is 362 g/mol. The molecule has 0 unspecified atom stereocenters. The zero-order chi connectivity index (χ0) is 20.8. The maximum Gasteiger partial charge on any atom is 0.255 e. The van der Waals surface area contributed by atoms with E-state index in [-0.39, 0.29) is 5.91 Å². The van der Waals surface area contributed by atoms with Gasteiger partial charge in [-0.25, -0.2) is 0 Å². The van der Waals surface area contributed by atoms with Crippen LogP contribution in [0.5, 0.6) is 5.75 Å². The molecule has 3 rings (SSSR count). The van der Waals surface area contributed by atoms with Gasteiger partial charge in [-0.2, -0.15) is 0 Å². The molecule has 0 saturated carbocycles. The Hall–Kier alpha value is -3.11. The summed E-state index contributed by atoms with van der Waals surface area (Å²) >= 11 is 0. The Morgan fingerprint density at radius 3 is 2.24 bits per heavy atom. The van der Waals surface area contributed by atoms with Crippen LogP contribution in [0.3, 0.4) is 0 Å². The summed E-state index contributed by atoms with van der Waals surface area (Å²) in [6.07, 6.45) is 0. The Kier molecular flexibility index (Phi) is 6.68. The van der Waals surface area contributed by atoms with Gasteiger partial charge in [0.2, 0.25) is 0 Å². The highest BCUT2D eigenvalue weighted by Gasteiger charge is 2.13. The number of anilines is 1. The van der Waals surface area contributed by atoms with Crippen LogP contribution in [0.25, 0.3) is 0 Å². The van der Waals surface area contributed by atoms with E-state index in [0.717, 1.165) is 27.9 Å². The lowest BCUT2D eigenvalue weighted by Crippen LogP contribution is -2.14. The highest BCUT2D eigenvalue weighted by molar-refractivity contribution is 6.05. The number of ether oxygens (including phenoxy) is 2. The highest BCUT2D eigenvalue weighted by Crippen LogP contribution is 2.25. The molecule has 150 valence electrons. The van der Waals surface area contributed by atoms with Gasteiger partial charge in [0, 0.05) is 16.8 Å². The van der Waals surface area contributed by atoms with Crippen molar-refractivity contribution >= 4 is 11.6 Å². The van der Waals surface area contributed by atoms with E-state index in [2.05, 4.69) is 24.4 Å². The van der Waals surface area contributed by atoms with E-state index in [1.165, 1.54) is 5.56 Å². The molecule has 3 aromatic carbocycles. The molecule has 0 aliphatic heterocycles. The zero-order valence-corrected chi connectivity index (χ0v) is 17.4. The Labute approximate surface area is 172 Å². The number of methoxy groups -OCH3 is 1. The van der Waals surface area contributed by atoms with Crippen molar-refractivity contribution in [3.8, 4) is 5.75 Å². The van der Waals surface area contributed by atoms with Crippen LogP contribution in [-0.2, 0) is 18.0 Å². The molecule has 0 fully saturated rings. The van der Waals surface area contributed by atoms with Crippen LogP contribution in [-0.4, -0.2) is 13.0 Å². The molecule has 1 N–H and O–H groups in total. The molecule has 0 heterocycles. The van der Waals surface area contributed by atoms with Crippen molar-refractivity contribution in [1.82, 2.24) is 0 Å². The van der Waals surface area contributed by atoms with Gasteiger partial charge in [-0.3, -0.25) is 4.79 Å². The van der Waals surface area contributed by atoms with Crippen molar-refractivity contribution in [2.75, 3.05) is 12.4 Å². The van der Waals surface area contributed by atoms with Gasteiger partial charge in [0.1, 0.15) is 5.75 Å². The first-order chi connectivity index (χ1) is 14.0. The third-order valence-corrected chi connectivity index (χ3v) is 4.83. The number of nitrogens with one attached hydrogen (secondary N) is 1. The maximum absolute atomic E-state index is 12.9. The fourth-order valence-electron chi connectivity index (χ4n) is 3.45. The first kappa shape index (κ1) is 20.6. The Balaban J connectivity index is 1.74. The standard InChI is InChI=1S/C25H27NO3/c1-17-12-18(2)24(19(3)13-17)26-25(27)21-10-11-23(28-4)22(14-21)16-29-15-20-8-6-5-7-9-20/h5-14H,15-16H2,1-4H3,(H,26,27). The minimum Gasteiger partial charge on any atom is -0.496 e. The monoisotopic (exact) mass is 389 g/mol. The summed E-state index contributed by atoms with van der Waals surface area (Å²) in [6.45, 7) is 6.93. The molecule has 0 spiro atoms. The van der Waals surface area contributed by atoms with Crippen molar-refractivity contribution in [3.05, 3.63) is 94.0 Å². The number of hydrogen-bond acceptors (Lipinski definition) is 3. The number of carbonyl (C=O) groups is 1. The van der Waals surface area contributed by atoms with Crippen LogP contribution >= 0.6 is 0 Å². The smallest absolute Gasteiger partial charge is 0.255 e. The van der Waals surface area contributed by atoms with Crippen molar-refractivity contribution in [2.24, 2.45) is 0 Å². The van der Waals surface area contributed by atoms with Crippen molar-refractivity contribution in [3.63, 3.8) is 0 Å². The average molecular weight is 389 g/mol. The average Bonchev–Trinajstić information content (AvgIpc) is 2.71. The molecule has 0 saturated heterocycles. The number of amides is 1. The lowest BCUT2D eigenvalue weighted by molar-refractivity contribution is 0.102. The van der Waals surface area contributed by atoms with Crippen LogP contribution in [0.4, 0.5) is 5.69 Å². The lowest BCUT2D eigenvalue weighted by atomic mass is 10.0. The topological polar surface area (TPSA) is 47.6 Å². The van der Waals surface area contributed by atoms with Gasteiger partial charge in [-0.1, -0.05) is 48.0 Å². The molecule has 0 atom stereocenters. The summed E-state index contributed by atoms with van der Waals surface area (Å²) in [5, 5.41) is 3.05. The summed E-state index contributed by atoms with van der Waals surface area (Å²) < 4.78 is 11.3. The van der Waals surface area contributed by atoms with Gasteiger partial charge in [0.05, 0.1) is 20.3 Å². The summed E-state index contributed by atoms with van der Waals surface area (Å²) in [5.41, 5.74) is 6.66. The fraction of sp³-hybridized carbons (Fsp3) is 0.240. The van der Waals surface area contributed by atoms with Gasteiger partial charge < -0.3 is 14.8 Å². The predicted octanol–water partition coefficient (Wildman–Crippen LogP) is 5.59. The number of benzene rings is 3. The van der Waals surface area contributed by atoms with E-state index in [0.29, 0.717) is 24.5 Å². The number of aryl methyl sites for hydroxylation is 3. The van der Waals surface area contributed by atoms with E-state index in [1.807, 2.05) is 56.3 Å². The second-order valence-electron chi connectivity index (χ2n) is 7.23. The van der Waals surface area contributed by atoms with Crippen molar-refractivity contribution in [2.45, 2.75) is 34.0 Å². The molecule has 29 heavy (non-hydrogen) atoms. The molecule has 0 aliphatic rings. The van der Waals surface area contributed by atoms with Crippen LogP contribution in [0.15, 0.2) is 60.7 Å². The molecule has 1 amide bonds. The molecule has 0 radical (unpaired) electrons. The molecule has 0 aliphatic carbocycles. The van der Waals surface area contributed by atoms with Crippen molar-refractivity contribution < 1.29 is 14.3 Å². The van der Waals surface area contributed by atoms with E-state index in [9.17, 15) is 4.79 Å². The zero-order valence-electron chi connectivity index (χ0n) is 17.4. The quantitative estimate of drug-likeness (QED) is 0.573. The van der Waals surface area contributed by atoms with Crippen LogP contribution in [0, 0.1) is 20.8 Å². The molecule has 0 bridgehead atoms. The van der Waals surface area contributed by atoms with Gasteiger partial charge in [0.15, 0.2) is 0 Å².